The second-order valence-corrected chi connectivity index (χ2v) is 7.23. The van der Waals surface area contributed by atoms with Crippen LogP contribution in [0.15, 0.2) is 42.4 Å². The summed E-state index contributed by atoms with van der Waals surface area (Å²) in [7, 11) is 1.55. The molecule has 0 unspecified atom stereocenters. The SMILES string of the molecule is Cc1ccc(C2=C(N3CCN(c4ncccn4)CC3)C(=O)N(C)C2=O)c(C)c1. The molecule has 1 fully saturated rings. The number of piperazine rings is 1. The number of carbonyl (C=O) groups excluding carboxylic acids is 2. The monoisotopic (exact) mass is 377 g/mol. The average molecular weight is 377 g/mol. The molecule has 0 radical (unpaired) electrons. The molecule has 0 aliphatic carbocycles. The summed E-state index contributed by atoms with van der Waals surface area (Å²) in [6.45, 7) is 6.65. The van der Waals surface area contributed by atoms with Crippen LogP contribution >= 0.6 is 0 Å². The van der Waals surface area contributed by atoms with Gasteiger partial charge in [0.2, 0.25) is 5.95 Å². The van der Waals surface area contributed by atoms with E-state index in [1.807, 2.05) is 36.9 Å². The molecule has 1 saturated heterocycles. The van der Waals surface area contributed by atoms with E-state index in [2.05, 4.69) is 14.9 Å². The van der Waals surface area contributed by atoms with Crippen molar-refractivity contribution in [2.75, 3.05) is 38.1 Å². The van der Waals surface area contributed by atoms with Gasteiger partial charge in [-0.25, -0.2) is 9.97 Å². The molecule has 28 heavy (non-hydrogen) atoms. The summed E-state index contributed by atoms with van der Waals surface area (Å²) in [5, 5.41) is 0. The van der Waals surface area contributed by atoms with Crippen LogP contribution < -0.4 is 4.90 Å². The first kappa shape index (κ1) is 18.2. The molecule has 1 aromatic heterocycles. The van der Waals surface area contributed by atoms with E-state index in [-0.39, 0.29) is 11.8 Å². The van der Waals surface area contributed by atoms with Gasteiger partial charge in [0.1, 0.15) is 5.70 Å². The fraction of sp³-hybridized carbons (Fsp3) is 0.333. The van der Waals surface area contributed by atoms with Crippen LogP contribution in [-0.2, 0) is 9.59 Å². The highest BCUT2D eigenvalue weighted by Gasteiger charge is 2.40. The number of benzene rings is 1. The van der Waals surface area contributed by atoms with E-state index >= 15 is 0 Å². The summed E-state index contributed by atoms with van der Waals surface area (Å²) < 4.78 is 0. The lowest BCUT2D eigenvalue weighted by atomic mass is 9.97. The number of nitrogens with zero attached hydrogens (tertiary/aromatic N) is 5. The van der Waals surface area contributed by atoms with Crippen LogP contribution in [0.5, 0.6) is 0 Å². The van der Waals surface area contributed by atoms with Gasteiger partial charge in [-0.3, -0.25) is 14.5 Å². The standard InChI is InChI=1S/C21H23N5O2/c1-14-5-6-16(15(2)13-14)17-18(20(28)24(3)19(17)27)25-9-11-26(12-10-25)21-22-7-4-8-23-21/h4-8,13H,9-12H2,1-3H3. The van der Waals surface area contributed by atoms with E-state index in [9.17, 15) is 9.59 Å². The molecule has 144 valence electrons. The maximum atomic E-state index is 12.9. The summed E-state index contributed by atoms with van der Waals surface area (Å²) in [5.41, 5.74) is 3.98. The van der Waals surface area contributed by atoms with E-state index in [0.717, 1.165) is 16.7 Å². The largest absolute Gasteiger partial charge is 0.363 e. The Kier molecular flexibility index (Phi) is 4.58. The number of hydrogen-bond donors (Lipinski definition) is 0. The molecule has 0 bridgehead atoms. The Morgan fingerprint density at radius 1 is 0.893 bits per heavy atom. The number of aromatic nitrogens is 2. The first-order chi connectivity index (χ1) is 13.5. The van der Waals surface area contributed by atoms with Gasteiger partial charge in [-0.15, -0.1) is 0 Å². The predicted octanol–water partition coefficient (Wildman–Crippen LogP) is 1.63. The van der Waals surface area contributed by atoms with Gasteiger partial charge in [0, 0.05) is 45.6 Å². The van der Waals surface area contributed by atoms with E-state index in [0.29, 0.717) is 43.4 Å². The lowest BCUT2D eigenvalue weighted by Crippen LogP contribution is -2.48. The molecule has 4 rings (SSSR count). The zero-order chi connectivity index (χ0) is 19.8. The Balaban J connectivity index is 1.66. The van der Waals surface area contributed by atoms with Gasteiger partial charge in [0.15, 0.2) is 0 Å². The van der Waals surface area contributed by atoms with Crippen molar-refractivity contribution < 1.29 is 9.59 Å². The van der Waals surface area contributed by atoms with Crippen LogP contribution in [0, 0.1) is 13.8 Å². The van der Waals surface area contributed by atoms with Crippen molar-refractivity contribution in [3.63, 3.8) is 0 Å². The lowest BCUT2D eigenvalue weighted by Gasteiger charge is -2.36. The molecule has 2 amide bonds. The first-order valence-electron chi connectivity index (χ1n) is 9.38. The molecule has 2 aliphatic rings. The number of likely N-dealkylation sites (N-methyl/N-ethyl adjacent to an activating group) is 1. The van der Waals surface area contributed by atoms with Crippen molar-refractivity contribution in [2.45, 2.75) is 13.8 Å². The molecule has 0 spiro atoms. The summed E-state index contributed by atoms with van der Waals surface area (Å²) in [5.74, 6) is 0.224. The van der Waals surface area contributed by atoms with Gasteiger partial charge in [0.25, 0.3) is 11.8 Å². The smallest absolute Gasteiger partial charge is 0.277 e. The highest BCUT2D eigenvalue weighted by atomic mass is 16.2. The highest BCUT2D eigenvalue weighted by molar-refractivity contribution is 6.35. The molecule has 2 aliphatic heterocycles. The Bertz CT molecular complexity index is 962. The summed E-state index contributed by atoms with van der Waals surface area (Å²) in [6.07, 6.45) is 3.45. The van der Waals surface area contributed by atoms with Crippen molar-refractivity contribution in [1.29, 1.82) is 0 Å². The van der Waals surface area contributed by atoms with E-state index in [1.54, 1.807) is 25.5 Å². The number of amides is 2. The van der Waals surface area contributed by atoms with Crippen molar-refractivity contribution in [1.82, 2.24) is 19.8 Å². The third-order valence-corrected chi connectivity index (χ3v) is 5.34. The number of hydrogen-bond acceptors (Lipinski definition) is 6. The van der Waals surface area contributed by atoms with Gasteiger partial charge >= 0.3 is 0 Å². The van der Waals surface area contributed by atoms with Crippen molar-refractivity contribution in [2.24, 2.45) is 0 Å². The molecule has 0 atom stereocenters. The second-order valence-electron chi connectivity index (χ2n) is 7.23. The third kappa shape index (κ3) is 3.02. The number of carbonyl (C=O) groups is 2. The molecule has 3 heterocycles. The van der Waals surface area contributed by atoms with E-state index in [4.69, 9.17) is 0 Å². The fourth-order valence-corrected chi connectivity index (χ4v) is 3.84. The van der Waals surface area contributed by atoms with Crippen LogP contribution in [0.25, 0.3) is 5.57 Å². The maximum absolute atomic E-state index is 12.9. The number of aryl methyl sites for hydroxylation is 2. The molecular formula is C21H23N5O2. The van der Waals surface area contributed by atoms with Crippen molar-refractivity contribution >= 4 is 23.3 Å². The Hall–Kier alpha value is -3.22. The average Bonchev–Trinajstić information content (AvgIpc) is 2.93. The summed E-state index contributed by atoms with van der Waals surface area (Å²) >= 11 is 0. The fourth-order valence-electron chi connectivity index (χ4n) is 3.84. The topological polar surface area (TPSA) is 69.6 Å². The lowest BCUT2D eigenvalue weighted by molar-refractivity contribution is -0.135. The molecule has 7 heteroatoms. The molecule has 7 nitrogen and oxygen atoms in total. The number of anilines is 1. The van der Waals surface area contributed by atoms with E-state index < -0.39 is 0 Å². The first-order valence-corrected chi connectivity index (χ1v) is 9.38. The minimum Gasteiger partial charge on any atom is -0.363 e. The van der Waals surface area contributed by atoms with Crippen LogP contribution in [0.1, 0.15) is 16.7 Å². The van der Waals surface area contributed by atoms with Crippen molar-refractivity contribution in [3.05, 3.63) is 59.0 Å². The van der Waals surface area contributed by atoms with Gasteiger partial charge in [-0.05, 0) is 31.0 Å². The zero-order valence-corrected chi connectivity index (χ0v) is 16.3. The Labute approximate surface area is 164 Å². The minimum absolute atomic E-state index is 0.232. The van der Waals surface area contributed by atoms with Crippen molar-refractivity contribution in [3.8, 4) is 0 Å². The number of rotatable bonds is 3. The predicted molar refractivity (Wildman–Crippen MR) is 106 cm³/mol. The van der Waals surface area contributed by atoms with Gasteiger partial charge < -0.3 is 9.80 Å². The quantitative estimate of drug-likeness (QED) is 0.758. The second kappa shape index (κ2) is 7.07. The molecule has 1 aromatic carbocycles. The molecule has 0 saturated carbocycles. The Morgan fingerprint density at radius 3 is 2.18 bits per heavy atom. The van der Waals surface area contributed by atoms with Gasteiger partial charge in [0.05, 0.1) is 5.57 Å². The van der Waals surface area contributed by atoms with Crippen LogP contribution in [-0.4, -0.2) is 64.8 Å². The van der Waals surface area contributed by atoms with E-state index in [1.165, 1.54) is 4.90 Å². The summed E-state index contributed by atoms with van der Waals surface area (Å²) in [6, 6.07) is 7.76. The van der Waals surface area contributed by atoms with Gasteiger partial charge in [-0.1, -0.05) is 23.8 Å². The molecule has 2 aromatic rings. The number of imide groups is 1. The minimum atomic E-state index is -0.235. The third-order valence-electron chi connectivity index (χ3n) is 5.34. The molecular weight excluding hydrogens is 354 g/mol. The maximum Gasteiger partial charge on any atom is 0.277 e. The van der Waals surface area contributed by atoms with Crippen LogP contribution in [0.3, 0.4) is 0 Å². The zero-order valence-electron chi connectivity index (χ0n) is 16.3. The molecule has 0 N–H and O–H groups in total. The van der Waals surface area contributed by atoms with Gasteiger partial charge in [-0.2, -0.15) is 0 Å². The Morgan fingerprint density at radius 2 is 1.54 bits per heavy atom. The normalized spacial score (nSPS) is 17.8. The van der Waals surface area contributed by atoms with Crippen LogP contribution in [0.2, 0.25) is 0 Å². The van der Waals surface area contributed by atoms with Crippen LogP contribution in [0.4, 0.5) is 5.95 Å². The highest BCUT2D eigenvalue weighted by Crippen LogP contribution is 2.33. The summed E-state index contributed by atoms with van der Waals surface area (Å²) in [4.78, 5) is 39.7.